The van der Waals surface area contributed by atoms with Gasteiger partial charge in [0, 0.05) is 11.1 Å². The van der Waals surface area contributed by atoms with Gasteiger partial charge in [0.1, 0.15) is 0 Å². The van der Waals surface area contributed by atoms with Crippen LogP contribution in [0.1, 0.15) is 11.1 Å². The predicted molar refractivity (Wildman–Crippen MR) is 52.8 cm³/mol. The number of carboxylic acid groups (broad SMARTS) is 1. The smallest absolute Gasteiger partial charge is 0.328 e. The van der Waals surface area contributed by atoms with Crippen molar-refractivity contribution >= 4 is 23.6 Å². The van der Waals surface area contributed by atoms with Crippen LogP contribution in [0.2, 0.25) is 5.02 Å². The number of hydrogen-bond acceptors (Lipinski definition) is 2. The van der Waals surface area contributed by atoms with Crippen LogP contribution in [0, 0.1) is 11.3 Å². The van der Waals surface area contributed by atoms with Crippen LogP contribution in [0.4, 0.5) is 0 Å². The van der Waals surface area contributed by atoms with Crippen LogP contribution in [0.15, 0.2) is 24.3 Å². The molecule has 0 fully saturated rings. The molecule has 70 valence electrons. The zero-order valence-electron chi connectivity index (χ0n) is 7.07. The first-order chi connectivity index (χ1) is 6.63. The maximum absolute atomic E-state index is 10.2. The second-order valence-corrected chi connectivity index (χ2v) is 2.93. The van der Waals surface area contributed by atoms with E-state index in [9.17, 15) is 4.79 Å². The Kier molecular flexibility index (Phi) is 3.27. The van der Waals surface area contributed by atoms with Crippen LogP contribution in [0.5, 0.6) is 0 Å². The summed E-state index contributed by atoms with van der Waals surface area (Å²) in [5.41, 5.74) is 0.965. The first-order valence-corrected chi connectivity index (χ1v) is 4.12. The molecule has 1 rings (SSSR count). The molecule has 0 aliphatic rings. The fourth-order valence-corrected chi connectivity index (χ4v) is 1.08. The molecule has 14 heavy (non-hydrogen) atoms. The number of halogens is 1. The lowest BCUT2D eigenvalue weighted by molar-refractivity contribution is -0.131. The zero-order chi connectivity index (χ0) is 10.6. The van der Waals surface area contributed by atoms with Crippen molar-refractivity contribution < 1.29 is 9.90 Å². The molecule has 4 heteroatoms. The number of nitriles is 1. The Labute approximate surface area is 85.9 Å². The maximum atomic E-state index is 10.2. The Hall–Kier alpha value is -1.79. The molecule has 0 saturated heterocycles. The number of benzene rings is 1. The summed E-state index contributed by atoms with van der Waals surface area (Å²) in [5.74, 6) is -1.05. The average Bonchev–Trinajstić information content (AvgIpc) is 2.16. The monoisotopic (exact) mass is 207 g/mol. The van der Waals surface area contributed by atoms with E-state index in [0.717, 1.165) is 6.08 Å². The van der Waals surface area contributed by atoms with Crippen molar-refractivity contribution in [3.8, 4) is 6.07 Å². The Morgan fingerprint density at radius 2 is 2.29 bits per heavy atom. The molecule has 0 unspecified atom stereocenters. The lowest BCUT2D eigenvalue weighted by Gasteiger charge is -1.97. The van der Waals surface area contributed by atoms with Gasteiger partial charge in [-0.25, -0.2) is 4.79 Å². The minimum Gasteiger partial charge on any atom is -0.478 e. The molecule has 0 radical (unpaired) electrons. The summed E-state index contributed by atoms with van der Waals surface area (Å²) in [6, 6.07) is 6.60. The fraction of sp³-hybridized carbons (Fsp3) is 0. The van der Waals surface area contributed by atoms with Crippen molar-refractivity contribution in [1.29, 1.82) is 5.26 Å². The molecular weight excluding hydrogens is 202 g/mol. The molecule has 3 nitrogen and oxygen atoms in total. The molecule has 0 bridgehead atoms. The summed E-state index contributed by atoms with van der Waals surface area (Å²) in [6.07, 6.45) is 2.33. The maximum Gasteiger partial charge on any atom is 0.328 e. The molecule has 0 spiro atoms. The summed E-state index contributed by atoms with van der Waals surface area (Å²) in [6.45, 7) is 0. The fourth-order valence-electron chi connectivity index (χ4n) is 0.902. The third kappa shape index (κ3) is 2.61. The molecule has 0 heterocycles. The summed E-state index contributed by atoms with van der Waals surface area (Å²) < 4.78 is 0. The highest BCUT2D eigenvalue weighted by molar-refractivity contribution is 6.32. The molecule has 0 saturated carbocycles. The molecule has 1 N–H and O–H groups in total. The first-order valence-electron chi connectivity index (χ1n) is 3.74. The Morgan fingerprint density at radius 1 is 1.57 bits per heavy atom. The molecule has 1 aromatic carbocycles. The van der Waals surface area contributed by atoms with Crippen LogP contribution in [-0.4, -0.2) is 11.1 Å². The highest BCUT2D eigenvalue weighted by Gasteiger charge is 1.98. The van der Waals surface area contributed by atoms with Crippen molar-refractivity contribution in [3.63, 3.8) is 0 Å². The molecule has 0 aromatic heterocycles. The van der Waals surface area contributed by atoms with Gasteiger partial charge in [0.25, 0.3) is 0 Å². The summed E-state index contributed by atoms with van der Waals surface area (Å²) in [7, 11) is 0. The number of aliphatic carboxylic acids is 1. The first kappa shape index (κ1) is 10.3. The summed E-state index contributed by atoms with van der Waals surface area (Å²) >= 11 is 5.78. The van der Waals surface area contributed by atoms with Gasteiger partial charge in [-0.2, -0.15) is 5.26 Å². The van der Waals surface area contributed by atoms with Crippen LogP contribution in [-0.2, 0) is 4.79 Å². The zero-order valence-corrected chi connectivity index (χ0v) is 7.82. The van der Waals surface area contributed by atoms with E-state index in [2.05, 4.69) is 0 Å². The van der Waals surface area contributed by atoms with Gasteiger partial charge in [-0.1, -0.05) is 11.6 Å². The molecule has 1 aromatic rings. The third-order valence-corrected chi connectivity index (χ3v) is 1.87. The minimum atomic E-state index is -1.05. The summed E-state index contributed by atoms with van der Waals surface area (Å²) in [5, 5.41) is 17.4. The van der Waals surface area contributed by atoms with Crippen molar-refractivity contribution in [2.45, 2.75) is 0 Å². The van der Waals surface area contributed by atoms with Crippen LogP contribution in [0.25, 0.3) is 6.08 Å². The lowest BCUT2D eigenvalue weighted by Crippen LogP contribution is -1.86. The highest BCUT2D eigenvalue weighted by Crippen LogP contribution is 2.18. The molecule has 0 aliphatic carbocycles. The number of rotatable bonds is 2. The normalized spacial score (nSPS) is 10.0. The molecule has 0 amide bonds. The second kappa shape index (κ2) is 4.45. The number of hydrogen-bond donors (Lipinski definition) is 1. The minimum absolute atomic E-state index is 0.418. The number of carboxylic acids is 1. The van der Waals surface area contributed by atoms with Gasteiger partial charge in [-0.15, -0.1) is 0 Å². The predicted octanol–water partition coefficient (Wildman–Crippen LogP) is 2.31. The van der Waals surface area contributed by atoms with Crippen molar-refractivity contribution in [2.75, 3.05) is 0 Å². The van der Waals surface area contributed by atoms with Crippen molar-refractivity contribution in [3.05, 3.63) is 40.4 Å². The van der Waals surface area contributed by atoms with Gasteiger partial charge in [0.05, 0.1) is 11.6 Å². The van der Waals surface area contributed by atoms with Crippen LogP contribution >= 0.6 is 11.6 Å². The topological polar surface area (TPSA) is 61.1 Å². The van der Waals surface area contributed by atoms with E-state index < -0.39 is 5.97 Å². The largest absolute Gasteiger partial charge is 0.478 e. The van der Waals surface area contributed by atoms with Crippen molar-refractivity contribution in [2.24, 2.45) is 0 Å². The van der Waals surface area contributed by atoms with Gasteiger partial charge in [0.15, 0.2) is 0 Å². The van der Waals surface area contributed by atoms with Gasteiger partial charge >= 0.3 is 5.97 Å². The molecule has 0 aliphatic heterocycles. The standard InChI is InChI=1S/C10H6ClNO2/c11-9-3-1-7(6-12)5-8(9)2-4-10(13)14/h1-5H,(H,13,14)/b4-2+. The van der Waals surface area contributed by atoms with Crippen molar-refractivity contribution in [1.82, 2.24) is 0 Å². The lowest BCUT2D eigenvalue weighted by atomic mass is 10.1. The van der Waals surface area contributed by atoms with Gasteiger partial charge in [-0.05, 0) is 29.8 Å². The van der Waals surface area contributed by atoms with Crippen LogP contribution < -0.4 is 0 Å². The van der Waals surface area contributed by atoms with Crippen LogP contribution in [0.3, 0.4) is 0 Å². The number of carbonyl (C=O) groups is 1. The van der Waals surface area contributed by atoms with Gasteiger partial charge in [-0.3, -0.25) is 0 Å². The number of nitrogens with zero attached hydrogens (tertiary/aromatic N) is 1. The Bertz CT molecular complexity index is 432. The SMILES string of the molecule is N#Cc1ccc(Cl)c(/C=C/C(=O)O)c1. The van der Waals surface area contributed by atoms with E-state index in [-0.39, 0.29) is 0 Å². The quantitative estimate of drug-likeness (QED) is 0.757. The van der Waals surface area contributed by atoms with E-state index in [1.54, 1.807) is 12.1 Å². The molecular formula is C10H6ClNO2. The van der Waals surface area contributed by atoms with Gasteiger partial charge < -0.3 is 5.11 Å². The van der Waals surface area contributed by atoms with Gasteiger partial charge in [0.2, 0.25) is 0 Å². The molecule has 0 atom stereocenters. The average molecular weight is 208 g/mol. The summed E-state index contributed by atoms with van der Waals surface area (Å²) in [4.78, 5) is 10.2. The second-order valence-electron chi connectivity index (χ2n) is 2.52. The van der Waals surface area contributed by atoms with E-state index in [0.29, 0.717) is 16.1 Å². The Morgan fingerprint density at radius 3 is 2.86 bits per heavy atom. The highest BCUT2D eigenvalue weighted by atomic mass is 35.5. The van der Waals surface area contributed by atoms with E-state index in [4.69, 9.17) is 22.0 Å². The third-order valence-electron chi connectivity index (χ3n) is 1.53. The van der Waals surface area contributed by atoms with E-state index in [1.165, 1.54) is 12.1 Å². The van der Waals surface area contributed by atoms with E-state index in [1.807, 2.05) is 6.07 Å². The Balaban J connectivity index is 3.08. The van der Waals surface area contributed by atoms with E-state index >= 15 is 0 Å².